The number of rotatable bonds is 1. The lowest BCUT2D eigenvalue weighted by Gasteiger charge is -2.26. The molecule has 0 aliphatic carbocycles. The molecule has 0 bridgehead atoms. The highest BCUT2D eigenvalue weighted by atomic mass is 16.7. The zero-order valence-electron chi connectivity index (χ0n) is 8.63. The average molecular weight is 205 g/mol. The molecular weight excluding hydrogens is 190 g/mol. The molecule has 1 aromatic carbocycles. The van der Waals surface area contributed by atoms with Crippen molar-refractivity contribution in [2.75, 3.05) is 19.8 Å². The van der Waals surface area contributed by atoms with Crippen molar-refractivity contribution in [1.82, 2.24) is 5.06 Å². The van der Waals surface area contributed by atoms with Gasteiger partial charge in [0.05, 0.1) is 19.3 Å². The van der Waals surface area contributed by atoms with Crippen molar-refractivity contribution in [2.45, 2.75) is 18.6 Å². The molecular formula is C12H15NO2. The van der Waals surface area contributed by atoms with Crippen molar-refractivity contribution in [3.8, 4) is 0 Å². The van der Waals surface area contributed by atoms with Gasteiger partial charge >= 0.3 is 0 Å². The minimum absolute atomic E-state index is 0.220. The molecule has 2 heterocycles. The lowest BCUT2D eigenvalue weighted by atomic mass is 10.0. The quantitative estimate of drug-likeness (QED) is 0.697. The molecule has 2 aliphatic rings. The fourth-order valence-electron chi connectivity index (χ4n) is 2.28. The first-order valence-corrected chi connectivity index (χ1v) is 5.49. The Morgan fingerprint density at radius 1 is 1.20 bits per heavy atom. The highest BCUT2D eigenvalue weighted by Gasteiger charge is 2.36. The largest absolute Gasteiger partial charge is 0.378 e. The van der Waals surface area contributed by atoms with Crippen LogP contribution in [-0.2, 0) is 9.57 Å². The van der Waals surface area contributed by atoms with Gasteiger partial charge in [-0.2, -0.15) is 5.06 Å². The summed E-state index contributed by atoms with van der Waals surface area (Å²) in [5.41, 5.74) is 1.27. The van der Waals surface area contributed by atoms with Gasteiger partial charge < -0.3 is 4.74 Å². The molecule has 0 spiro atoms. The monoisotopic (exact) mass is 205 g/mol. The predicted octanol–water partition coefficient (Wildman–Crippen LogP) is 1.76. The van der Waals surface area contributed by atoms with Crippen LogP contribution in [0.2, 0.25) is 0 Å². The minimum Gasteiger partial charge on any atom is -0.378 e. The SMILES string of the molecule is c1ccc(C2CC3COCCN3O2)cc1. The fraction of sp³-hybridized carbons (Fsp3) is 0.500. The molecule has 1 aromatic rings. The molecule has 2 saturated heterocycles. The third kappa shape index (κ3) is 1.78. The summed E-state index contributed by atoms with van der Waals surface area (Å²) in [5.74, 6) is 0. The third-order valence-corrected chi connectivity index (χ3v) is 3.09. The van der Waals surface area contributed by atoms with Gasteiger partial charge in [-0.1, -0.05) is 30.3 Å². The number of nitrogens with zero attached hydrogens (tertiary/aromatic N) is 1. The molecule has 15 heavy (non-hydrogen) atoms. The van der Waals surface area contributed by atoms with Gasteiger partial charge in [-0.05, 0) is 12.0 Å². The van der Waals surface area contributed by atoms with E-state index in [2.05, 4.69) is 29.3 Å². The minimum atomic E-state index is 0.220. The van der Waals surface area contributed by atoms with Gasteiger partial charge in [0.2, 0.25) is 0 Å². The summed E-state index contributed by atoms with van der Waals surface area (Å²) in [5, 5.41) is 2.08. The number of morpholine rings is 1. The summed E-state index contributed by atoms with van der Waals surface area (Å²) >= 11 is 0. The summed E-state index contributed by atoms with van der Waals surface area (Å²) in [7, 11) is 0. The van der Waals surface area contributed by atoms with Crippen molar-refractivity contribution in [2.24, 2.45) is 0 Å². The maximum absolute atomic E-state index is 5.90. The maximum atomic E-state index is 5.90. The van der Waals surface area contributed by atoms with Crippen LogP contribution in [0.25, 0.3) is 0 Å². The number of fused-ring (bicyclic) bond motifs is 1. The first-order chi connectivity index (χ1) is 7.43. The van der Waals surface area contributed by atoms with Crippen LogP contribution in [0.3, 0.4) is 0 Å². The zero-order chi connectivity index (χ0) is 10.1. The van der Waals surface area contributed by atoms with Gasteiger partial charge in [0, 0.05) is 6.54 Å². The van der Waals surface area contributed by atoms with Gasteiger partial charge in [0.1, 0.15) is 6.10 Å². The summed E-state index contributed by atoms with van der Waals surface area (Å²) in [6, 6.07) is 10.9. The number of hydroxylamine groups is 2. The van der Waals surface area contributed by atoms with E-state index in [9.17, 15) is 0 Å². The van der Waals surface area contributed by atoms with E-state index in [1.54, 1.807) is 0 Å². The lowest BCUT2D eigenvalue weighted by Crippen LogP contribution is -2.39. The Kier molecular flexibility index (Phi) is 2.44. The van der Waals surface area contributed by atoms with E-state index in [1.165, 1.54) is 5.56 Å². The van der Waals surface area contributed by atoms with E-state index < -0.39 is 0 Å². The van der Waals surface area contributed by atoms with Crippen LogP contribution in [0.5, 0.6) is 0 Å². The van der Waals surface area contributed by atoms with Crippen LogP contribution in [0.4, 0.5) is 0 Å². The number of hydrogen-bond donors (Lipinski definition) is 0. The zero-order valence-corrected chi connectivity index (χ0v) is 8.63. The van der Waals surface area contributed by atoms with Gasteiger partial charge in [0.25, 0.3) is 0 Å². The summed E-state index contributed by atoms with van der Waals surface area (Å²) < 4.78 is 5.45. The second-order valence-corrected chi connectivity index (χ2v) is 4.11. The molecule has 0 aromatic heterocycles. The number of hydrogen-bond acceptors (Lipinski definition) is 3. The fourth-order valence-corrected chi connectivity index (χ4v) is 2.28. The highest BCUT2D eigenvalue weighted by Crippen LogP contribution is 2.34. The molecule has 0 saturated carbocycles. The van der Waals surface area contributed by atoms with Crippen LogP contribution in [0.1, 0.15) is 18.1 Å². The molecule has 0 N–H and O–H groups in total. The predicted molar refractivity (Wildman–Crippen MR) is 56.2 cm³/mol. The molecule has 2 aliphatic heterocycles. The molecule has 80 valence electrons. The van der Waals surface area contributed by atoms with Crippen molar-refractivity contribution < 1.29 is 9.57 Å². The van der Waals surface area contributed by atoms with E-state index in [4.69, 9.17) is 9.57 Å². The normalized spacial score (nSPS) is 31.5. The van der Waals surface area contributed by atoms with E-state index in [0.717, 1.165) is 26.2 Å². The van der Waals surface area contributed by atoms with Gasteiger partial charge in [-0.3, -0.25) is 4.84 Å². The third-order valence-electron chi connectivity index (χ3n) is 3.09. The first kappa shape index (κ1) is 9.33. The Balaban J connectivity index is 1.75. The molecule has 3 rings (SSSR count). The van der Waals surface area contributed by atoms with Crippen LogP contribution in [0, 0.1) is 0 Å². The Bertz CT molecular complexity index is 314. The highest BCUT2D eigenvalue weighted by molar-refractivity contribution is 5.18. The second-order valence-electron chi connectivity index (χ2n) is 4.11. The topological polar surface area (TPSA) is 21.7 Å². The van der Waals surface area contributed by atoms with Crippen molar-refractivity contribution in [3.63, 3.8) is 0 Å². The molecule has 2 atom stereocenters. The van der Waals surface area contributed by atoms with Crippen LogP contribution in [-0.4, -0.2) is 30.9 Å². The Hall–Kier alpha value is -0.900. The van der Waals surface area contributed by atoms with Crippen molar-refractivity contribution in [3.05, 3.63) is 35.9 Å². The average Bonchev–Trinajstić information content (AvgIpc) is 2.74. The van der Waals surface area contributed by atoms with Gasteiger partial charge in [-0.15, -0.1) is 0 Å². The number of ether oxygens (including phenoxy) is 1. The molecule has 3 heteroatoms. The lowest BCUT2D eigenvalue weighted by molar-refractivity contribution is -0.197. The molecule has 3 nitrogen and oxygen atoms in total. The Labute approximate surface area is 89.6 Å². The summed E-state index contributed by atoms with van der Waals surface area (Å²) in [6.45, 7) is 2.50. The van der Waals surface area contributed by atoms with Crippen molar-refractivity contribution in [1.29, 1.82) is 0 Å². The van der Waals surface area contributed by atoms with E-state index >= 15 is 0 Å². The van der Waals surface area contributed by atoms with E-state index in [-0.39, 0.29) is 6.10 Å². The van der Waals surface area contributed by atoms with Crippen LogP contribution >= 0.6 is 0 Å². The standard InChI is InChI=1S/C12H15NO2/c1-2-4-10(5-3-1)12-8-11-9-14-7-6-13(11)15-12/h1-5,11-12H,6-9H2. The number of benzene rings is 1. The molecule has 2 fully saturated rings. The van der Waals surface area contributed by atoms with E-state index in [0.29, 0.717) is 6.04 Å². The maximum Gasteiger partial charge on any atom is 0.106 e. The van der Waals surface area contributed by atoms with Crippen LogP contribution in [0.15, 0.2) is 30.3 Å². The van der Waals surface area contributed by atoms with Gasteiger partial charge in [0.15, 0.2) is 0 Å². The van der Waals surface area contributed by atoms with Crippen LogP contribution < -0.4 is 0 Å². The summed E-state index contributed by atoms with van der Waals surface area (Å²) in [6.07, 6.45) is 1.27. The molecule has 2 unspecified atom stereocenters. The molecule has 0 radical (unpaired) electrons. The second kappa shape index (κ2) is 3.93. The summed E-state index contributed by atoms with van der Waals surface area (Å²) in [4.78, 5) is 5.90. The first-order valence-electron chi connectivity index (χ1n) is 5.49. The molecule has 0 amide bonds. The Morgan fingerprint density at radius 2 is 2.07 bits per heavy atom. The smallest absolute Gasteiger partial charge is 0.106 e. The van der Waals surface area contributed by atoms with Crippen molar-refractivity contribution >= 4 is 0 Å². The Morgan fingerprint density at radius 3 is 2.87 bits per heavy atom. The van der Waals surface area contributed by atoms with E-state index in [1.807, 2.05) is 6.07 Å². The van der Waals surface area contributed by atoms with Gasteiger partial charge in [-0.25, -0.2) is 0 Å².